The van der Waals surface area contributed by atoms with Crippen molar-refractivity contribution in [3.63, 3.8) is 0 Å². The fourth-order valence-electron chi connectivity index (χ4n) is 4.91. The van der Waals surface area contributed by atoms with E-state index in [1.54, 1.807) is 24.3 Å². The summed E-state index contributed by atoms with van der Waals surface area (Å²) in [5.41, 5.74) is -2.07. The Morgan fingerprint density at radius 1 is 1.14 bits per heavy atom. The normalized spacial score (nSPS) is 14.2. The standard InChI is InChI=1S/C31H33F4N5O2S/c1-21(41)37-15-18-39-16-13-23(14-17-39)6-5-22-7-10-25(11-8-22)40(20-43)30(2,3)29(42)38(4)26-12-9-24(19-36)27(28(26)32)31(33,34)35/h7-12,20,23H,13-18H2,1-4H3,(H,37,41). The van der Waals surface area contributed by atoms with E-state index in [0.29, 0.717) is 12.2 Å². The summed E-state index contributed by atoms with van der Waals surface area (Å²) in [7, 11) is 1.17. The van der Waals surface area contributed by atoms with E-state index in [9.17, 15) is 22.8 Å². The molecule has 0 bridgehead atoms. The molecule has 12 heteroatoms. The van der Waals surface area contributed by atoms with Crippen molar-refractivity contribution in [1.29, 1.82) is 5.26 Å². The smallest absolute Gasteiger partial charge is 0.355 e. The first-order valence-electron chi connectivity index (χ1n) is 13.6. The number of benzene rings is 2. The Morgan fingerprint density at radius 2 is 1.77 bits per heavy atom. The molecule has 1 N–H and O–H groups in total. The first kappa shape index (κ1) is 33.5. The zero-order valence-electron chi connectivity index (χ0n) is 24.4. The number of rotatable bonds is 8. The molecule has 0 unspecified atom stereocenters. The molecule has 1 fully saturated rings. The Bertz CT molecular complexity index is 1450. The van der Waals surface area contributed by atoms with Crippen LogP contribution in [-0.2, 0) is 15.8 Å². The van der Waals surface area contributed by atoms with E-state index in [-0.39, 0.29) is 11.8 Å². The fraction of sp³-hybridized carbons (Fsp3) is 0.419. The quantitative estimate of drug-likeness (QED) is 0.252. The van der Waals surface area contributed by atoms with E-state index < -0.39 is 40.3 Å². The van der Waals surface area contributed by atoms with Crippen molar-refractivity contribution in [2.24, 2.45) is 5.92 Å². The third kappa shape index (κ3) is 8.09. The highest BCUT2D eigenvalue weighted by Crippen LogP contribution is 2.38. The van der Waals surface area contributed by atoms with Crippen molar-refractivity contribution in [2.45, 2.75) is 45.3 Å². The highest BCUT2D eigenvalue weighted by atomic mass is 32.1. The Hall–Kier alpha value is -4.00. The molecule has 1 saturated heterocycles. The summed E-state index contributed by atoms with van der Waals surface area (Å²) in [5.74, 6) is 4.30. The molecule has 2 aromatic carbocycles. The number of carbonyl (C=O) groups excluding carboxylic acids is 2. The summed E-state index contributed by atoms with van der Waals surface area (Å²) in [6.45, 7) is 7.80. The van der Waals surface area contributed by atoms with Crippen molar-refractivity contribution >= 4 is 40.9 Å². The monoisotopic (exact) mass is 615 g/mol. The highest BCUT2D eigenvalue weighted by Gasteiger charge is 2.41. The number of amides is 2. The number of halogens is 4. The molecule has 1 aliphatic heterocycles. The molecule has 43 heavy (non-hydrogen) atoms. The third-order valence-corrected chi connectivity index (χ3v) is 7.59. The Morgan fingerprint density at radius 3 is 2.30 bits per heavy atom. The number of likely N-dealkylation sites (N-methyl/N-ethyl adjacent to an activating group) is 1. The van der Waals surface area contributed by atoms with Crippen LogP contribution in [0, 0.1) is 34.9 Å². The zero-order chi connectivity index (χ0) is 31.9. The maximum Gasteiger partial charge on any atom is 0.420 e. The van der Waals surface area contributed by atoms with Crippen LogP contribution in [0.15, 0.2) is 36.4 Å². The van der Waals surface area contributed by atoms with E-state index in [1.807, 2.05) is 0 Å². The molecule has 0 radical (unpaired) electrons. The second kappa shape index (κ2) is 14.0. The molecule has 2 amide bonds. The Balaban J connectivity index is 1.72. The summed E-state index contributed by atoms with van der Waals surface area (Å²) >= 11 is 5.19. The number of nitrogens with zero attached hydrogens (tertiary/aromatic N) is 4. The number of carbonyl (C=O) groups is 2. The van der Waals surface area contributed by atoms with Gasteiger partial charge in [-0.1, -0.05) is 24.1 Å². The Kier molecular flexibility index (Phi) is 10.9. The van der Waals surface area contributed by atoms with Gasteiger partial charge in [0.1, 0.15) is 11.1 Å². The lowest BCUT2D eigenvalue weighted by Crippen LogP contribution is -2.55. The van der Waals surface area contributed by atoms with Crippen LogP contribution >= 0.6 is 12.2 Å². The van der Waals surface area contributed by atoms with Crippen LogP contribution in [-0.4, -0.2) is 61.0 Å². The van der Waals surface area contributed by atoms with Gasteiger partial charge in [0.2, 0.25) is 5.91 Å². The van der Waals surface area contributed by atoms with Crippen LogP contribution in [0.1, 0.15) is 50.3 Å². The number of anilines is 2. The average molecular weight is 616 g/mol. The van der Waals surface area contributed by atoms with Crippen LogP contribution < -0.4 is 15.1 Å². The number of hydrogen-bond acceptors (Lipinski definition) is 5. The number of piperidine rings is 1. The van der Waals surface area contributed by atoms with E-state index in [2.05, 4.69) is 22.1 Å². The first-order chi connectivity index (χ1) is 20.2. The lowest BCUT2D eigenvalue weighted by molar-refractivity contribution is -0.140. The first-order valence-corrected chi connectivity index (χ1v) is 14.1. The lowest BCUT2D eigenvalue weighted by Gasteiger charge is -2.38. The number of nitriles is 1. The number of thiocarbonyl (C=S) groups is 1. The molecular formula is C31H33F4N5O2S. The highest BCUT2D eigenvalue weighted by molar-refractivity contribution is 7.79. The minimum Gasteiger partial charge on any atom is -0.355 e. The zero-order valence-corrected chi connectivity index (χ0v) is 25.2. The van der Waals surface area contributed by atoms with E-state index in [1.165, 1.54) is 44.3 Å². The molecule has 2 aromatic rings. The van der Waals surface area contributed by atoms with Crippen molar-refractivity contribution in [3.8, 4) is 17.9 Å². The van der Waals surface area contributed by atoms with Crippen LogP contribution in [0.25, 0.3) is 0 Å². The summed E-state index contributed by atoms with van der Waals surface area (Å²) in [4.78, 5) is 29.1. The van der Waals surface area contributed by atoms with Gasteiger partial charge in [-0.3, -0.25) is 9.59 Å². The van der Waals surface area contributed by atoms with Crippen LogP contribution in [0.4, 0.5) is 28.9 Å². The van der Waals surface area contributed by atoms with Gasteiger partial charge >= 0.3 is 6.18 Å². The summed E-state index contributed by atoms with van der Waals surface area (Å²) < 4.78 is 55.5. The molecule has 7 nitrogen and oxygen atoms in total. The van der Waals surface area contributed by atoms with Gasteiger partial charge in [-0.15, -0.1) is 0 Å². The largest absolute Gasteiger partial charge is 0.420 e. The van der Waals surface area contributed by atoms with Crippen molar-refractivity contribution in [1.82, 2.24) is 10.2 Å². The van der Waals surface area contributed by atoms with Crippen LogP contribution in [0.3, 0.4) is 0 Å². The lowest BCUT2D eigenvalue weighted by atomic mass is 9.97. The van der Waals surface area contributed by atoms with Crippen molar-refractivity contribution in [2.75, 3.05) is 43.0 Å². The van der Waals surface area contributed by atoms with Gasteiger partial charge in [-0.05, 0) is 76.2 Å². The molecule has 1 heterocycles. The van der Waals surface area contributed by atoms with E-state index >= 15 is 4.39 Å². The van der Waals surface area contributed by atoms with Gasteiger partial charge in [0.25, 0.3) is 5.91 Å². The third-order valence-electron chi connectivity index (χ3n) is 7.38. The minimum absolute atomic E-state index is 0.0376. The molecule has 0 atom stereocenters. The van der Waals surface area contributed by atoms with Gasteiger partial charge in [0.15, 0.2) is 5.82 Å². The number of alkyl halides is 3. The van der Waals surface area contributed by atoms with Gasteiger partial charge in [-0.2, -0.15) is 18.4 Å². The fourth-order valence-corrected chi connectivity index (χ4v) is 5.30. The summed E-state index contributed by atoms with van der Waals surface area (Å²) in [6, 6.07) is 10.2. The molecule has 0 aromatic heterocycles. The van der Waals surface area contributed by atoms with Crippen LogP contribution in [0.5, 0.6) is 0 Å². The number of nitrogens with one attached hydrogen (secondary N) is 1. The van der Waals surface area contributed by atoms with Crippen molar-refractivity contribution in [3.05, 3.63) is 58.9 Å². The molecule has 228 valence electrons. The topological polar surface area (TPSA) is 79.7 Å². The molecule has 1 aliphatic rings. The van der Waals surface area contributed by atoms with Gasteiger partial charge in [0.05, 0.1) is 22.8 Å². The van der Waals surface area contributed by atoms with E-state index in [0.717, 1.165) is 55.1 Å². The summed E-state index contributed by atoms with van der Waals surface area (Å²) in [6.07, 6.45) is -3.27. The van der Waals surface area contributed by atoms with Crippen molar-refractivity contribution < 1.29 is 27.2 Å². The van der Waals surface area contributed by atoms with Crippen LogP contribution in [0.2, 0.25) is 0 Å². The molecule has 0 spiro atoms. The second-order valence-corrected chi connectivity index (χ2v) is 11.0. The molecule has 0 saturated carbocycles. The molecule has 3 rings (SSSR count). The van der Waals surface area contributed by atoms with Gasteiger partial charge in [-0.25, -0.2) is 4.39 Å². The van der Waals surface area contributed by atoms with Gasteiger partial charge in [0, 0.05) is 44.2 Å². The number of hydrogen-bond donors (Lipinski definition) is 1. The van der Waals surface area contributed by atoms with Gasteiger partial charge < -0.3 is 20.0 Å². The predicted molar refractivity (Wildman–Crippen MR) is 161 cm³/mol. The average Bonchev–Trinajstić information content (AvgIpc) is 2.95. The SMILES string of the molecule is CC(=O)NCCN1CCC(C#Cc2ccc(N(C=S)C(C)(C)C(=O)N(C)c3ccc(C#N)c(C(F)(F)F)c3F)cc2)CC1. The van der Waals surface area contributed by atoms with E-state index in [4.69, 9.17) is 17.5 Å². The molecular weight excluding hydrogens is 582 g/mol. The Labute approximate surface area is 254 Å². The molecule has 0 aliphatic carbocycles. The predicted octanol–water partition coefficient (Wildman–Crippen LogP) is 5.12. The second-order valence-electron chi connectivity index (χ2n) is 10.7. The maximum absolute atomic E-state index is 15.0. The maximum atomic E-state index is 15.0. The number of likely N-dealkylation sites (tertiary alicyclic amines) is 1. The minimum atomic E-state index is -5.12. The summed E-state index contributed by atoms with van der Waals surface area (Å²) in [5, 5.41) is 11.8.